The van der Waals surface area contributed by atoms with Crippen LogP contribution in [0.4, 0.5) is 11.4 Å². The summed E-state index contributed by atoms with van der Waals surface area (Å²) >= 11 is 6.32. The summed E-state index contributed by atoms with van der Waals surface area (Å²) in [6, 6.07) is 16.5. The number of anilines is 2. The standard InChI is InChI=1S/C29H35ClN4O2/c1-21-17-29(20-34(21)26-7-4-24(18-31)27(30)16-26)10-14-32(15-11-29)25-5-2-23(3-6-25)28(36)33-12-8-22(19-35)9-13-33/h2-7,16,21-22,35H,8-15,17,19-20H2,1H3/t21-/m0/s1. The summed E-state index contributed by atoms with van der Waals surface area (Å²) in [5.74, 6) is 0.425. The van der Waals surface area contributed by atoms with E-state index in [1.165, 1.54) is 12.1 Å². The van der Waals surface area contributed by atoms with Gasteiger partial charge in [0.15, 0.2) is 0 Å². The van der Waals surface area contributed by atoms with Crippen LogP contribution in [0.2, 0.25) is 5.02 Å². The number of rotatable bonds is 4. The summed E-state index contributed by atoms with van der Waals surface area (Å²) in [6.07, 6.45) is 5.20. The van der Waals surface area contributed by atoms with Gasteiger partial charge in [-0.2, -0.15) is 5.26 Å². The first-order valence-electron chi connectivity index (χ1n) is 13.1. The number of benzene rings is 2. The molecule has 3 fully saturated rings. The topological polar surface area (TPSA) is 70.8 Å². The second-order valence-electron chi connectivity index (χ2n) is 10.9. The molecule has 0 aromatic heterocycles. The smallest absolute Gasteiger partial charge is 0.253 e. The quantitative estimate of drug-likeness (QED) is 0.636. The number of nitrogens with zero attached hydrogens (tertiary/aromatic N) is 4. The van der Waals surface area contributed by atoms with Crippen LogP contribution in [0.25, 0.3) is 0 Å². The van der Waals surface area contributed by atoms with Gasteiger partial charge in [-0.05, 0) is 92.8 Å². The molecule has 2 aromatic carbocycles. The lowest BCUT2D eigenvalue weighted by Crippen LogP contribution is -2.41. The van der Waals surface area contributed by atoms with Crippen molar-refractivity contribution in [3.8, 4) is 6.07 Å². The average molecular weight is 507 g/mol. The van der Waals surface area contributed by atoms with Crippen molar-refractivity contribution in [3.05, 3.63) is 58.6 Å². The Balaban J connectivity index is 1.18. The molecule has 36 heavy (non-hydrogen) atoms. The monoisotopic (exact) mass is 506 g/mol. The molecule has 1 N–H and O–H groups in total. The van der Waals surface area contributed by atoms with Crippen LogP contribution in [0.3, 0.4) is 0 Å². The number of hydrogen-bond donors (Lipinski definition) is 1. The zero-order valence-electron chi connectivity index (χ0n) is 21.0. The highest BCUT2D eigenvalue weighted by atomic mass is 35.5. The van der Waals surface area contributed by atoms with E-state index in [0.717, 1.165) is 69.7 Å². The van der Waals surface area contributed by atoms with Crippen LogP contribution in [-0.4, -0.2) is 61.3 Å². The van der Waals surface area contributed by atoms with Gasteiger partial charge in [0.1, 0.15) is 6.07 Å². The van der Waals surface area contributed by atoms with E-state index in [2.05, 4.69) is 34.9 Å². The van der Waals surface area contributed by atoms with Crippen LogP contribution in [-0.2, 0) is 0 Å². The van der Waals surface area contributed by atoms with Crippen molar-refractivity contribution in [2.24, 2.45) is 11.3 Å². The van der Waals surface area contributed by atoms with Crippen molar-refractivity contribution in [2.75, 3.05) is 49.1 Å². The van der Waals surface area contributed by atoms with Crippen LogP contribution < -0.4 is 9.80 Å². The van der Waals surface area contributed by atoms with E-state index in [1.54, 1.807) is 0 Å². The van der Waals surface area contributed by atoms with Gasteiger partial charge >= 0.3 is 0 Å². The summed E-state index contributed by atoms with van der Waals surface area (Å²) in [4.78, 5) is 19.7. The highest BCUT2D eigenvalue weighted by Crippen LogP contribution is 2.46. The molecular weight excluding hydrogens is 472 g/mol. The van der Waals surface area contributed by atoms with Crippen molar-refractivity contribution < 1.29 is 9.90 Å². The molecule has 1 amide bonds. The number of halogens is 1. The van der Waals surface area contributed by atoms with Crippen LogP contribution in [0, 0.1) is 22.7 Å². The number of carbonyl (C=O) groups is 1. The van der Waals surface area contributed by atoms with Gasteiger partial charge in [0.25, 0.3) is 5.91 Å². The second kappa shape index (κ2) is 10.3. The van der Waals surface area contributed by atoms with Gasteiger partial charge in [-0.15, -0.1) is 0 Å². The molecule has 5 rings (SSSR count). The van der Waals surface area contributed by atoms with Crippen molar-refractivity contribution in [3.63, 3.8) is 0 Å². The van der Waals surface area contributed by atoms with Gasteiger partial charge in [0.2, 0.25) is 0 Å². The molecule has 1 atom stereocenters. The maximum absolute atomic E-state index is 12.9. The number of carbonyl (C=O) groups excluding carboxylic acids is 1. The minimum Gasteiger partial charge on any atom is -0.396 e. The third-order valence-corrected chi connectivity index (χ3v) is 8.95. The van der Waals surface area contributed by atoms with Crippen LogP contribution in [0.5, 0.6) is 0 Å². The Bertz CT molecular complexity index is 1130. The Morgan fingerprint density at radius 3 is 2.36 bits per heavy atom. The number of aliphatic hydroxyl groups excluding tert-OH is 1. The van der Waals surface area contributed by atoms with Gasteiger partial charge in [0.05, 0.1) is 10.6 Å². The first kappa shape index (κ1) is 24.9. The molecule has 0 unspecified atom stereocenters. The SMILES string of the molecule is C[C@H]1CC2(CCN(c3ccc(C(=O)N4CCC(CO)CC4)cc3)CC2)CN1c1ccc(C#N)c(Cl)c1. The Hall–Kier alpha value is -2.75. The van der Waals surface area contributed by atoms with Gasteiger partial charge in [-0.1, -0.05) is 11.6 Å². The Morgan fingerprint density at radius 1 is 1.08 bits per heavy atom. The highest BCUT2D eigenvalue weighted by molar-refractivity contribution is 6.32. The van der Waals surface area contributed by atoms with E-state index in [0.29, 0.717) is 28.0 Å². The van der Waals surface area contributed by atoms with Crippen molar-refractivity contribution >= 4 is 28.9 Å². The maximum Gasteiger partial charge on any atom is 0.253 e. The fourth-order valence-electron chi connectivity index (χ4n) is 6.36. The molecule has 6 nitrogen and oxygen atoms in total. The number of amides is 1. The van der Waals surface area contributed by atoms with E-state index in [9.17, 15) is 15.2 Å². The molecule has 7 heteroatoms. The summed E-state index contributed by atoms with van der Waals surface area (Å²) in [5.41, 5.74) is 3.85. The highest BCUT2D eigenvalue weighted by Gasteiger charge is 2.44. The molecule has 3 heterocycles. The zero-order chi connectivity index (χ0) is 25.3. The normalized spacial score (nSPS) is 22.2. The van der Waals surface area contributed by atoms with Gasteiger partial charge in [0, 0.05) is 62.3 Å². The Kier molecular flexibility index (Phi) is 7.14. The second-order valence-corrected chi connectivity index (χ2v) is 11.3. The van der Waals surface area contributed by atoms with Crippen LogP contribution >= 0.6 is 11.6 Å². The predicted molar refractivity (Wildman–Crippen MR) is 144 cm³/mol. The van der Waals surface area contributed by atoms with Crippen molar-refractivity contribution in [1.29, 1.82) is 5.26 Å². The molecule has 3 aliphatic heterocycles. The lowest BCUT2D eigenvalue weighted by Gasteiger charge is -2.40. The maximum atomic E-state index is 12.9. The lowest BCUT2D eigenvalue weighted by molar-refractivity contribution is 0.0651. The third kappa shape index (κ3) is 4.92. The molecule has 0 bridgehead atoms. The Labute approximate surface area is 219 Å². The summed E-state index contributed by atoms with van der Waals surface area (Å²) < 4.78 is 0. The van der Waals surface area contributed by atoms with Crippen LogP contribution in [0.1, 0.15) is 54.9 Å². The minimum absolute atomic E-state index is 0.0958. The molecule has 190 valence electrons. The Morgan fingerprint density at radius 2 is 1.75 bits per heavy atom. The summed E-state index contributed by atoms with van der Waals surface area (Å²) in [6.45, 7) is 7.00. The number of piperidine rings is 2. The summed E-state index contributed by atoms with van der Waals surface area (Å²) in [7, 11) is 0. The third-order valence-electron chi connectivity index (χ3n) is 8.63. The van der Waals surface area contributed by atoms with E-state index in [4.69, 9.17) is 11.6 Å². The molecule has 3 aliphatic rings. The van der Waals surface area contributed by atoms with E-state index >= 15 is 0 Å². The number of hydrogen-bond acceptors (Lipinski definition) is 5. The number of nitriles is 1. The van der Waals surface area contributed by atoms with Crippen molar-refractivity contribution in [1.82, 2.24) is 4.90 Å². The molecule has 0 aliphatic carbocycles. The van der Waals surface area contributed by atoms with Gasteiger partial charge in [-0.3, -0.25) is 4.79 Å². The molecule has 0 radical (unpaired) electrons. The number of aliphatic hydroxyl groups is 1. The fourth-order valence-corrected chi connectivity index (χ4v) is 6.57. The minimum atomic E-state index is 0.0958. The van der Waals surface area contributed by atoms with Gasteiger partial charge < -0.3 is 19.8 Å². The number of likely N-dealkylation sites (tertiary alicyclic amines) is 1. The zero-order valence-corrected chi connectivity index (χ0v) is 21.8. The molecule has 1 spiro atoms. The molecule has 3 saturated heterocycles. The van der Waals surface area contributed by atoms with E-state index in [1.807, 2.05) is 35.2 Å². The van der Waals surface area contributed by atoms with E-state index in [-0.39, 0.29) is 12.5 Å². The first-order chi connectivity index (χ1) is 17.4. The first-order valence-corrected chi connectivity index (χ1v) is 13.5. The fraction of sp³-hybridized carbons (Fsp3) is 0.517. The average Bonchev–Trinajstić information content (AvgIpc) is 3.24. The van der Waals surface area contributed by atoms with Gasteiger partial charge in [-0.25, -0.2) is 0 Å². The molecular formula is C29H35ClN4O2. The molecule has 0 saturated carbocycles. The lowest BCUT2D eigenvalue weighted by atomic mass is 9.76. The predicted octanol–water partition coefficient (Wildman–Crippen LogP) is 4.94. The van der Waals surface area contributed by atoms with Crippen LogP contribution in [0.15, 0.2) is 42.5 Å². The largest absolute Gasteiger partial charge is 0.396 e. The summed E-state index contributed by atoms with van der Waals surface area (Å²) in [5, 5.41) is 19.0. The van der Waals surface area contributed by atoms with Crippen molar-refractivity contribution in [2.45, 2.75) is 45.1 Å². The molecule has 2 aromatic rings. The van der Waals surface area contributed by atoms with E-state index < -0.39 is 0 Å².